The highest BCUT2D eigenvalue weighted by Crippen LogP contribution is 2.14. The molecule has 0 fully saturated rings. The van der Waals surface area contributed by atoms with Crippen LogP contribution in [0.1, 0.15) is 66.9 Å². The molecule has 0 saturated carbocycles. The Balaban J connectivity index is 3.15. The fourth-order valence-electron chi connectivity index (χ4n) is 2.68. The van der Waals surface area contributed by atoms with Crippen molar-refractivity contribution in [3.05, 3.63) is 42.0 Å². The Morgan fingerprint density at radius 2 is 1.64 bits per heavy atom. The lowest BCUT2D eigenvalue weighted by Crippen LogP contribution is -2.50. The van der Waals surface area contributed by atoms with Crippen molar-refractivity contribution in [2.45, 2.75) is 78.9 Å². The Morgan fingerprint density at radius 3 is 2.15 bits per heavy atom. The third-order valence-electron chi connectivity index (χ3n) is 4.07. The van der Waals surface area contributed by atoms with Gasteiger partial charge in [0.1, 0.15) is 17.0 Å². The van der Waals surface area contributed by atoms with Gasteiger partial charge in [-0.1, -0.05) is 17.7 Å². The third kappa shape index (κ3) is 12.6. The van der Waals surface area contributed by atoms with Gasteiger partial charge >= 0.3 is 12.2 Å². The minimum absolute atomic E-state index is 0.0685. The number of hydrogen-bond donors (Lipinski definition) is 2. The van der Waals surface area contributed by atoms with Gasteiger partial charge in [-0.25, -0.2) is 14.5 Å². The number of carbonyl (C=O) groups is 2. The van der Waals surface area contributed by atoms with Gasteiger partial charge < -0.3 is 14.6 Å². The Morgan fingerprint density at radius 1 is 1.06 bits per heavy atom. The molecule has 1 aromatic carbocycles. The van der Waals surface area contributed by atoms with E-state index in [-0.39, 0.29) is 18.3 Å². The number of alkyl carbamates (subject to hydrolysis) is 1. The zero-order valence-electron chi connectivity index (χ0n) is 21.0. The average Bonchev–Trinajstić information content (AvgIpc) is 2.63. The van der Waals surface area contributed by atoms with Crippen LogP contribution in [0.2, 0.25) is 0 Å². The van der Waals surface area contributed by atoms with Gasteiger partial charge in [0, 0.05) is 13.1 Å². The Labute approximate surface area is 197 Å². The number of amides is 2. The average molecular weight is 462 g/mol. The number of carbonyl (C=O) groups excluding carboxylic acids is 2. The first-order valence-electron chi connectivity index (χ1n) is 11.1. The van der Waals surface area contributed by atoms with Crippen molar-refractivity contribution < 1.29 is 24.2 Å². The van der Waals surface area contributed by atoms with Crippen LogP contribution < -0.4 is 5.32 Å². The zero-order chi connectivity index (χ0) is 25.2. The summed E-state index contributed by atoms with van der Waals surface area (Å²) in [4.78, 5) is 31.3. The molecule has 184 valence electrons. The molecule has 0 heterocycles. The van der Waals surface area contributed by atoms with E-state index in [4.69, 9.17) is 9.47 Å². The second-order valence-corrected chi connectivity index (χ2v) is 9.94. The number of ether oxygens (including phenoxy) is 2. The highest BCUT2D eigenvalue weighted by atomic mass is 16.6. The lowest BCUT2D eigenvalue weighted by Gasteiger charge is -2.29. The first kappa shape index (κ1) is 28.0. The maximum absolute atomic E-state index is 13.0. The number of phenolic OH excluding ortho intramolecular Hbond substituents is 1. The van der Waals surface area contributed by atoms with Crippen molar-refractivity contribution >= 4 is 18.1 Å². The Kier molecular flexibility index (Phi) is 10.4. The van der Waals surface area contributed by atoms with E-state index in [9.17, 15) is 14.7 Å². The molecule has 0 aliphatic heterocycles. The van der Waals surface area contributed by atoms with E-state index >= 15 is 0 Å². The van der Waals surface area contributed by atoms with Gasteiger partial charge in [-0.15, -0.1) is 6.58 Å². The van der Waals surface area contributed by atoms with Gasteiger partial charge in [0.25, 0.3) is 0 Å². The summed E-state index contributed by atoms with van der Waals surface area (Å²) < 4.78 is 10.9. The molecule has 8 nitrogen and oxygen atoms in total. The number of rotatable bonds is 7. The molecule has 8 heteroatoms. The number of allylic oxidation sites excluding steroid dienone is 1. The molecular weight excluding hydrogens is 422 g/mol. The van der Waals surface area contributed by atoms with Gasteiger partial charge in [-0.2, -0.15) is 0 Å². The molecule has 2 N–H and O–H groups in total. The van der Waals surface area contributed by atoms with Crippen LogP contribution in [0.15, 0.2) is 41.4 Å². The lowest BCUT2D eigenvalue weighted by molar-refractivity contribution is 0.0356. The maximum atomic E-state index is 13.0. The number of nitrogens with zero attached hydrogens (tertiary/aromatic N) is 2. The second-order valence-electron chi connectivity index (χ2n) is 9.94. The fourth-order valence-corrected chi connectivity index (χ4v) is 2.68. The van der Waals surface area contributed by atoms with Crippen molar-refractivity contribution in [1.82, 2.24) is 10.2 Å². The first-order valence-corrected chi connectivity index (χ1v) is 11.1. The molecule has 0 saturated heterocycles. The normalized spacial score (nSPS) is 12.2. The standard InChI is InChI=1S/C25H39N3O5/c1-18(2)10-9-17-28(23(31)33-25(6,7)8)21(27-22(30)32-24(3,4)5)26-16-15-19-11-13-20(29)14-12-19/h11-14,29H,1,9-10,15-17H2,2-8H3,(H,26,27,30). The van der Waals surface area contributed by atoms with Crippen molar-refractivity contribution in [3.63, 3.8) is 0 Å². The molecule has 0 atom stereocenters. The maximum Gasteiger partial charge on any atom is 0.417 e. The van der Waals surface area contributed by atoms with E-state index in [0.717, 1.165) is 11.1 Å². The van der Waals surface area contributed by atoms with Crippen molar-refractivity contribution in [2.75, 3.05) is 13.1 Å². The topological polar surface area (TPSA) is 100 Å². The van der Waals surface area contributed by atoms with E-state index < -0.39 is 23.4 Å². The summed E-state index contributed by atoms with van der Waals surface area (Å²) in [5.74, 6) is 0.252. The lowest BCUT2D eigenvalue weighted by atomic mass is 10.1. The SMILES string of the molecule is C=C(C)CCCN(C(=O)OC(C)(C)C)C(=NCCc1ccc(O)cc1)NC(=O)OC(C)(C)C. The van der Waals surface area contributed by atoms with Crippen LogP contribution in [0.5, 0.6) is 5.75 Å². The monoisotopic (exact) mass is 461 g/mol. The summed E-state index contributed by atoms with van der Waals surface area (Å²) in [7, 11) is 0. The molecule has 0 radical (unpaired) electrons. The number of nitrogens with one attached hydrogen (secondary N) is 1. The summed E-state index contributed by atoms with van der Waals surface area (Å²) in [6.45, 7) is 17.0. The number of aromatic hydroxyl groups is 1. The molecule has 0 bridgehead atoms. The number of hydrogen-bond acceptors (Lipinski definition) is 6. The minimum Gasteiger partial charge on any atom is -0.508 e. The highest BCUT2D eigenvalue weighted by molar-refractivity contribution is 6.01. The molecule has 0 unspecified atom stereocenters. The van der Waals surface area contributed by atoms with Gasteiger partial charge in [0.2, 0.25) is 5.96 Å². The molecule has 0 aliphatic rings. The van der Waals surface area contributed by atoms with E-state index in [1.807, 2.05) is 6.92 Å². The van der Waals surface area contributed by atoms with Crippen LogP contribution in [-0.4, -0.2) is 52.4 Å². The highest BCUT2D eigenvalue weighted by Gasteiger charge is 2.28. The van der Waals surface area contributed by atoms with Crippen LogP contribution >= 0.6 is 0 Å². The number of guanidine groups is 1. The number of phenols is 1. The summed E-state index contributed by atoms with van der Waals surface area (Å²) in [5.41, 5.74) is 0.523. The van der Waals surface area contributed by atoms with Crippen LogP contribution in [0.25, 0.3) is 0 Å². The Bertz CT molecular complexity index is 833. The third-order valence-corrected chi connectivity index (χ3v) is 4.07. The van der Waals surface area contributed by atoms with Gasteiger partial charge in [-0.05, 0) is 85.4 Å². The summed E-state index contributed by atoms with van der Waals surface area (Å²) in [6.07, 6.45) is 0.574. The van der Waals surface area contributed by atoms with Crippen molar-refractivity contribution in [2.24, 2.45) is 4.99 Å². The Hall–Kier alpha value is -3.03. The van der Waals surface area contributed by atoms with Gasteiger partial charge in [0.15, 0.2) is 0 Å². The van der Waals surface area contributed by atoms with E-state index in [1.165, 1.54) is 4.90 Å². The van der Waals surface area contributed by atoms with E-state index in [2.05, 4.69) is 16.9 Å². The van der Waals surface area contributed by atoms with E-state index in [0.29, 0.717) is 25.8 Å². The summed E-state index contributed by atoms with van der Waals surface area (Å²) in [5, 5.41) is 12.1. The molecule has 1 aromatic rings. The smallest absolute Gasteiger partial charge is 0.417 e. The van der Waals surface area contributed by atoms with Crippen molar-refractivity contribution in [1.29, 1.82) is 0 Å². The predicted molar refractivity (Wildman–Crippen MR) is 130 cm³/mol. The zero-order valence-corrected chi connectivity index (χ0v) is 21.0. The molecule has 0 aliphatic carbocycles. The van der Waals surface area contributed by atoms with Gasteiger partial charge in [-0.3, -0.25) is 10.3 Å². The second kappa shape index (κ2) is 12.3. The predicted octanol–water partition coefficient (Wildman–Crippen LogP) is 5.41. The first-order chi connectivity index (χ1) is 15.2. The van der Waals surface area contributed by atoms with Crippen LogP contribution in [-0.2, 0) is 15.9 Å². The fraction of sp³-hybridized carbons (Fsp3) is 0.560. The molecular formula is C25H39N3O5. The largest absolute Gasteiger partial charge is 0.508 e. The molecule has 1 rings (SSSR count). The molecule has 0 aromatic heterocycles. The van der Waals surface area contributed by atoms with Gasteiger partial charge in [0.05, 0.1) is 0 Å². The molecule has 2 amide bonds. The number of benzene rings is 1. The minimum atomic E-state index is -0.716. The van der Waals surface area contributed by atoms with Crippen LogP contribution in [0.3, 0.4) is 0 Å². The molecule has 33 heavy (non-hydrogen) atoms. The summed E-state index contributed by atoms with van der Waals surface area (Å²) >= 11 is 0. The van der Waals surface area contributed by atoms with Crippen LogP contribution in [0.4, 0.5) is 9.59 Å². The quantitative estimate of drug-likeness (QED) is 0.321. The number of aliphatic imine (C=N–C) groups is 1. The van der Waals surface area contributed by atoms with Crippen molar-refractivity contribution in [3.8, 4) is 5.75 Å². The summed E-state index contributed by atoms with van der Waals surface area (Å²) in [6, 6.07) is 6.79. The van der Waals surface area contributed by atoms with Crippen LogP contribution in [0, 0.1) is 0 Å². The van der Waals surface area contributed by atoms with E-state index in [1.54, 1.807) is 65.8 Å². The molecule has 0 spiro atoms.